The molecule has 0 radical (unpaired) electrons. The standard InChI is InChI=1S/C14H15NO5/c15-14(8-12(16)17)11(6-7-20-14)13(18)19-9-10-4-2-1-3-5-10/h1-7,11H,8-9,15H2,(H,16,17). The van der Waals surface area contributed by atoms with E-state index >= 15 is 0 Å². The zero-order valence-corrected chi connectivity index (χ0v) is 10.7. The van der Waals surface area contributed by atoms with E-state index in [4.69, 9.17) is 20.3 Å². The Morgan fingerprint density at radius 3 is 2.70 bits per heavy atom. The van der Waals surface area contributed by atoms with Gasteiger partial charge < -0.3 is 14.6 Å². The van der Waals surface area contributed by atoms with E-state index in [9.17, 15) is 9.59 Å². The Balaban J connectivity index is 1.97. The highest BCUT2D eigenvalue weighted by Gasteiger charge is 2.46. The Kier molecular flexibility index (Phi) is 4.05. The largest absolute Gasteiger partial charge is 0.481 e. The number of carboxylic acid groups (broad SMARTS) is 1. The van der Waals surface area contributed by atoms with Gasteiger partial charge in [-0.1, -0.05) is 30.3 Å². The quantitative estimate of drug-likeness (QED) is 0.780. The third-order valence-electron chi connectivity index (χ3n) is 2.99. The monoisotopic (exact) mass is 277 g/mol. The molecule has 1 aromatic rings. The fraction of sp³-hybridized carbons (Fsp3) is 0.286. The third kappa shape index (κ3) is 3.16. The molecule has 6 heteroatoms. The van der Waals surface area contributed by atoms with Crippen molar-refractivity contribution in [3.63, 3.8) is 0 Å². The number of hydrogen-bond acceptors (Lipinski definition) is 5. The molecular weight excluding hydrogens is 262 g/mol. The Hall–Kier alpha value is -2.34. The van der Waals surface area contributed by atoms with Crippen LogP contribution in [-0.2, 0) is 25.7 Å². The van der Waals surface area contributed by atoms with Gasteiger partial charge in [0.1, 0.15) is 18.9 Å². The first kappa shape index (κ1) is 14.1. The van der Waals surface area contributed by atoms with E-state index in [2.05, 4.69) is 0 Å². The smallest absolute Gasteiger partial charge is 0.318 e. The molecule has 106 valence electrons. The number of aliphatic carboxylic acids is 1. The van der Waals surface area contributed by atoms with Crippen LogP contribution in [-0.4, -0.2) is 22.8 Å². The molecule has 0 spiro atoms. The highest BCUT2D eigenvalue weighted by molar-refractivity contribution is 5.78. The van der Waals surface area contributed by atoms with Crippen LogP contribution in [0.2, 0.25) is 0 Å². The summed E-state index contributed by atoms with van der Waals surface area (Å²) < 4.78 is 10.2. The van der Waals surface area contributed by atoms with Crippen LogP contribution in [0.3, 0.4) is 0 Å². The van der Waals surface area contributed by atoms with E-state index in [1.165, 1.54) is 12.3 Å². The average Bonchev–Trinajstić information content (AvgIpc) is 2.78. The molecule has 0 saturated heterocycles. The predicted octanol–water partition coefficient (Wildman–Crippen LogP) is 1.02. The van der Waals surface area contributed by atoms with E-state index in [0.29, 0.717) is 0 Å². The molecule has 6 nitrogen and oxygen atoms in total. The van der Waals surface area contributed by atoms with Crippen molar-refractivity contribution in [2.45, 2.75) is 18.8 Å². The zero-order chi connectivity index (χ0) is 14.6. The SMILES string of the molecule is NC1(CC(=O)O)OC=CC1C(=O)OCc1ccccc1. The predicted molar refractivity (Wildman–Crippen MR) is 69.1 cm³/mol. The molecule has 3 N–H and O–H groups in total. The molecule has 1 aliphatic rings. The number of nitrogens with two attached hydrogens (primary N) is 1. The molecule has 0 aliphatic carbocycles. The van der Waals surface area contributed by atoms with Crippen LogP contribution in [0.1, 0.15) is 12.0 Å². The summed E-state index contributed by atoms with van der Waals surface area (Å²) in [6.45, 7) is 0.104. The lowest BCUT2D eigenvalue weighted by Gasteiger charge is -2.27. The second-order valence-electron chi connectivity index (χ2n) is 4.54. The number of ether oxygens (including phenoxy) is 2. The van der Waals surface area contributed by atoms with E-state index in [0.717, 1.165) is 5.56 Å². The summed E-state index contributed by atoms with van der Waals surface area (Å²) in [7, 11) is 0. The Bertz CT molecular complexity index is 528. The number of carbonyl (C=O) groups excluding carboxylic acids is 1. The summed E-state index contributed by atoms with van der Waals surface area (Å²) in [4.78, 5) is 22.8. The second-order valence-corrected chi connectivity index (χ2v) is 4.54. The van der Waals surface area contributed by atoms with Crippen LogP contribution in [0.25, 0.3) is 0 Å². The number of rotatable bonds is 5. The van der Waals surface area contributed by atoms with Gasteiger partial charge in [0.25, 0.3) is 0 Å². The van der Waals surface area contributed by atoms with Gasteiger partial charge in [-0.3, -0.25) is 15.3 Å². The van der Waals surface area contributed by atoms with Gasteiger partial charge >= 0.3 is 11.9 Å². The lowest BCUT2D eigenvalue weighted by molar-refractivity contribution is -0.158. The minimum absolute atomic E-state index is 0.104. The third-order valence-corrected chi connectivity index (χ3v) is 2.99. The normalized spacial score (nSPS) is 24.1. The lowest BCUT2D eigenvalue weighted by atomic mass is 9.95. The summed E-state index contributed by atoms with van der Waals surface area (Å²) >= 11 is 0. The minimum atomic E-state index is -1.58. The molecule has 1 aliphatic heterocycles. The van der Waals surface area contributed by atoms with E-state index < -0.39 is 30.0 Å². The van der Waals surface area contributed by atoms with Crippen molar-refractivity contribution in [2.24, 2.45) is 11.7 Å². The minimum Gasteiger partial charge on any atom is -0.481 e. The lowest BCUT2D eigenvalue weighted by Crippen LogP contribution is -2.50. The molecule has 2 unspecified atom stereocenters. The maximum atomic E-state index is 12.0. The van der Waals surface area contributed by atoms with Gasteiger partial charge in [-0.05, 0) is 11.6 Å². The number of benzene rings is 1. The highest BCUT2D eigenvalue weighted by atomic mass is 16.5. The van der Waals surface area contributed by atoms with Gasteiger partial charge in [-0.25, -0.2) is 0 Å². The zero-order valence-electron chi connectivity index (χ0n) is 10.7. The molecule has 0 aromatic heterocycles. The molecule has 0 bridgehead atoms. The number of carbonyl (C=O) groups is 2. The van der Waals surface area contributed by atoms with Crippen molar-refractivity contribution in [3.05, 3.63) is 48.2 Å². The maximum Gasteiger partial charge on any atom is 0.318 e. The maximum absolute atomic E-state index is 12.0. The van der Waals surface area contributed by atoms with Gasteiger partial charge in [0.05, 0.1) is 6.26 Å². The summed E-state index contributed by atoms with van der Waals surface area (Å²) in [5, 5.41) is 8.81. The topological polar surface area (TPSA) is 98.9 Å². The van der Waals surface area contributed by atoms with E-state index in [1.807, 2.05) is 30.3 Å². The number of esters is 1. The van der Waals surface area contributed by atoms with Crippen molar-refractivity contribution >= 4 is 11.9 Å². The summed E-state index contributed by atoms with van der Waals surface area (Å²) in [5.41, 5.74) is 5.06. The first-order valence-electron chi connectivity index (χ1n) is 6.07. The molecule has 1 aromatic carbocycles. The molecule has 20 heavy (non-hydrogen) atoms. The van der Waals surface area contributed by atoms with Crippen LogP contribution in [0.4, 0.5) is 0 Å². The fourth-order valence-corrected chi connectivity index (χ4v) is 1.97. The first-order chi connectivity index (χ1) is 9.51. The van der Waals surface area contributed by atoms with E-state index in [1.54, 1.807) is 0 Å². The fourth-order valence-electron chi connectivity index (χ4n) is 1.97. The molecule has 2 atom stereocenters. The number of hydrogen-bond donors (Lipinski definition) is 2. The number of carboxylic acids is 1. The van der Waals surface area contributed by atoms with Crippen LogP contribution < -0.4 is 5.73 Å². The van der Waals surface area contributed by atoms with Crippen molar-refractivity contribution in [1.82, 2.24) is 0 Å². The van der Waals surface area contributed by atoms with Gasteiger partial charge in [0, 0.05) is 0 Å². The van der Waals surface area contributed by atoms with E-state index in [-0.39, 0.29) is 6.61 Å². The Morgan fingerprint density at radius 2 is 2.05 bits per heavy atom. The summed E-state index contributed by atoms with van der Waals surface area (Å²) in [5.74, 6) is -2.68. The van der Waals surface area contributed by atoms with Crippen LogP contribution in [0.5, 0.6) is 0 Å². The van der Waals surface area contributed by atoms with Crippen molar-refractivity contribution in [3.8, 4) is 0 Å². The van der Waals surface area contributed by atoms with Gasteiger partial charge in [0.15, 0.2) is 5.72 Å². The molecule has 0 fully saturated rings. The average molecular weight is 277 g/mol. The van der Waals surface area contributed by atoms with Crippen LogP contribution in [0, 0.1) is 5.92 Å². The van der Waals surface area contributed by atoms with Crippen molar-refractivity contribution in [2.75, 3.05) is 0 Å². The summed E-state index contributed by atoms with van der Waals surface area (Å²) in [6, 6.07) is 9.16. The first-order valence-corrected chi connectivity index (χ1v) is 6.07. The molecule has 1 heterocycles. The highest BCUT2D eigenvalue weighted by Crippen LogP contribution is 2.29. The van der Waals surface area contributed by atoms with Gasteiger partial charge in [0.2, 0.25) is 0 Å². The Morgan fingerprint density at radius 1 is 1.35 bits per heavy atom. The summed E-state index contributed by atoms with van der Waals surface area (Å²) in [6.07, 6.45) is 2.17. The van der Waals surface area contributed by atoms with Crippen molar-refractivity contribution < 1.29 is 24.2 Å². The Labute approximate surface area is 115 Å². The second kappa shape index (κ2) is 5.75. The van der Waals surface area contributed by atoms with Crippen LogP contribution >= 0.6 is 0 Å². The molecule has 0 saturated carbocycles. The van der Waals surface area contributed by atoms with Gasteiger partial charge in [-0.15, -0.1) is 0 Å². The van der Waals surface area contributed by atoms with Crippen LogP contribution in [0.15, 0.2) is 42.7 Å². The molecular formula is C14H15NO5. The molecule has 2 rings (SSSR count). The van der Waals surface area contributed by atoms with Crippen molar-refractivity contribution in [1.29, 1.82) is 0 Å². The van der Waals surface area contributed by atoms with Gasteiger partial charge in [-0.2, -0.15) is 0 Å². The molecule has 0 amide bonds.